The third-order valence-corrected chi connectivity index (χ3v) is 11.5. The molecule has 15 nitrogen and oxygen atoms in total. The average molecular weight is 847 g/mol. The lowest BCUT2D eigenvalue weighted by molar-refractivity contribution is -0.124. The van der Waals surface area contributed by atoms with Gasteiger partial charge in [-0.2, -0.15) is 5.10 Å². The molecule has 17 heteroatoms. The molecule has 0 spiro atoms. The van der Waals surface area contributed by atoms with E-state index in [1.165, 1.54) is 72.4 Å². The van der Waals surface area contributed by atoms with Gasteiger partial charge < -0.3 is 28.4 Å². The standard InChI is InChI=1S/C21H22N2O5S.C11H12N2O2S.C10H12O4/c1-26-16-8-13(9-17(27-2)21(16)28-3)12-22-23-20(25)11-19-15(24)10-14-6-4-5-7-18(14)29-19;12-13-11(15)6-10-8(14)5-7-3-1-2-4-9(7)16-10;1-12-8-4-7(6-11)5-9(13-2)10(8)14-3/h4-9,12,19H,10-11H2,1-3H3,(H,23,25);1-4,10H,5-6,12H2,(H,13,15);4-6H,1-3H3/b22-12+;;. The Morgan fingerprint density at radius 3 is 1.46 bits per heavy atom. The van der Waals surface area contributed by atoms with Crippen molar-refractivity contribution in [3.63, 3.8) is 0 Å². The molecule has 2 heterocycles. The van der Waals surface area contributed by atoms with Gasteiger partial charge in [-0.1, -0.05) is 36.4 Å². The molecule has 0 bridgehead atoms. The van der Waals surface area contributed by atoms with Gasteiger partial charge in [0.1, 0.15) is 6.29 Å². The van der Waals surface area contributed by atoms with Crippen LogP contribution in [0.1, 0.15) is 39.9 Å². The largest absolute Gasteiger partial charge is 0.493 e. The lowest BCUT2D eigenvalue weighted by Crippen LogP contribution is -2.35. The molecule has 4 aromatic rings. The summed E-state index contributed by atoms with van der Waals surface area (Å²) in [6.07, 6.45) is 3.19. The summed E-state index contributed by atoms with van der Waals surface area (Å²) in [4.78, 5) is 60.2. The average Bonchev–Trinajstić information content (AvgIpc) is 3.26. The Morgan fingerprint density at radius 2 is 1.07 bits per heavy atom. The molecule has 6 rings (SSSR count). The lowest BCUT2D eigenvalue weighted by atomic mass is 10.0. The fourth-order valence-corrected chi connectivity index (χ4v) is 8.26. The van der Waals surface area contributed by atoms with Crippen molar-refractivity contribution < 1.29 is 52.4 Å². The Kier molecular flexibility index (Phi) is 17.6. The van der Waals surface area contributed by atoms with Crippen LogP contribution in [0.15, 0.2) is 87.7 Å². The fourth-order valence-electron chi connectivity index (χ4n) is 5.85. The van der Waals surface area contributed by atoms with Crippen LogP contribution in [0.25, 0.3) is 0 Å². The molecule has 4 aromatic carbocycles. The maximum atomic E-state index is 12.3. The first kappa shape index (κ1) is 45.7. The minimum atomic E-state index is -0.402. The second kappa shape index (κ2) is 22.8. The number of methoxy groups -OCH3 is 6. The molecule has 0 saturated heterocycles. The molecule has 2 aliphatic rings. The van der Waals surface area contributed by atoms with Crippen molar-refractivity contribution in [1.29, 1.82) is 0 Å². The number of Topliss-reactive ketones (excluding diaryl/α,β-unsaturated/α-hetero) is 2. The zero-order chi connectivity index (χ0) is 42.9. The quantitative estimate of drug-likeness (QED) is 0.0532. The number of thioether (sulfide) groups is 2. The minimum Gasteiger partial charge on any atom is -0.493 e. The van der Waals surface area contributed by atoms with Crippen LogP contribution in [-0.2, 0) is 32.0 Å². The molecule has 0 fully saturated rings. The molecule has 4 N–H and O–H groups in total. The Morgan fingerprint density at radius 1 is 0.661 bits per heavy atom. The van der Waals surface area contributed by atoms with Crippen LogP contribution < -0.4 is 45.1 Å². The summed E-state index contributed by atoms with van der Waals surface area (Å²) in [7, 11) is 9.10. The number of nitrogens with two attached hydrogens (primary N) is 1. The van der Waals surface area contributed by atoms with Crippen LogP contribution in [0.4, 0.5) is 0 Å². The third kappa shape index (κ3) is 12.5. The summed E-state index contributed by atoms with van der Waals surface area (Å²) in [5, 5.41) is 3.28. The molecule has 0 aliphatic carbocycles. The Bertz CT molecular complexity index is 2110. The number of hydrazone groups is 1. The first-order valence-corrected chi connectivity index (χ1v) is 19.7. The van der Waals surface area contributed by atoms with E-state index in [-0.39, 0.29) is 41.5 Å². The van der Waals surface area contributed by atoms with Crippen molar-refractivity contribution in [2.45, 2.75) is 46.0 Å². The highest BCUT2D eigenvalue weighted by Crippen LogP contribution is 2.39. The van der Waals surface area contributed by atoms with Crippen molar-refractivity contribution in [2.75, 3.05) is 42.7 Å². The number of ether oxygens (including phenoxy) is 6. The van der Waals surface area contributed by atoms with Gasteiger partial charge in [-0.05, 0) is 47.5 Å². The molecule has 2 amide bonds. The number of nitrogens with zero attached hydrogens (tertiary/aromatic N) is 1. The number of hydrogen-bond acceptors (Lipinski definition) is 15. The van der Waals surface area contributed by atoms with Crippen molar-refractivity contribution in [1.82, 2.24) is 10.9 Å². The molecule has 0 aromatic heterocycles. The highest BCUT2D eigenvalue weighted by Gasteiger charge is 2.30. The van der Waals surface area contributed by atoms with Crippen LogP contribution in [0, 0.1) is 0 Å². The van der Waals surface area contributed by atoms with E-state index in [2.05, 4.69) is 16.0 Å². The second-order valence-corrected chi connectivity index (χ2v) is 15.0. The maximum Gasteiger partial charge on any atom is 0.241 e. The van der Waals surface area contributed by atoms with Gasteiger partial charge in [-0.15, -0.1) is 23.5 Å². The summed E-state index contributed by atoms with van der Waals surface area (Å²) in [6.45, 7) is 0. The van der Waals surface area contributed by atoms with Gasteiger partial charge in [-0.25, -0.2) is 11.3 Å². The molecule has 0 radical (unpaired) electrons. The monoisotopic (exact) mass is 846 g/mol. The summed E-state index contributed by atoms with van der Waals surface area (Å²) in [5.41, 5.74) is 7.74. The van der Waals surface area contributed by atoms with Gasteiger partial charge in [0.05, 0.1) is 59.4 Å². The van der Waals surface area contributed by atoms with Crippen molar-refractivity contribution in [3.05, 3.63) is 95.1 Å². The van der Waals surface area contributed by atoms with E-state index in [4.69, 9.17) is 34.3 Å². The van der Waals surface area contributed by atoms with E-state index in [0.717, 1.165) is 27.2 Å². The number of ketones is 2. The molecule has 312 valence electrons. The van der Waals surface area contributed by atoms with E-state index in [9.17, 15) is 24.0 Å². The van der Waals surface area contributed by atoms with Crippen LogP contribution in [-0.4, -0.2) is 89.0 Å². The number of carbonyl (C=O) groups excluding carboxylic acids is 5. The first-order chi connectivity index (χ1) is 28.5. The van der Waals surface area contributed by atoms with Crippen LogP contribution >= 0.6 is 23.5 Å². The number of nitrogens with one attached hydrogen (secondary N) is 2. The number of fused-ring (bicyclic) bond motifs is 2. The molecular weight excluding hydrogens is 801 g/mol. The number of carbonyl (C=O) groups is 5. The van der Waals surface area contributed by atoms with Gasteiger partial charge in [0.25, 0.3) is 0 Å². The predicted molar refractivity (Wildman–Crippen MR) is 224 cm³/mol. The maximum absolute atomic E-state index is 12.3. The molecule has 2 unspecified atom stereocenters. The second-order valence-electron chi connectivity index (χ2n) is 12.5. The third-order valence-electron chi connectivity index (χ3n) is 8.75. The van der Waals surface area contributed by atoms with Gasteiger partial charge in [-0.3, -0.25) is 29.4 Å². The highest BCUT2D eigenvalue weighted by atomic mass is 32.2. The van der Waals surface area contributed by atoms with Crippen molar-refractivity contribution in [3.8, 4) is 34.5 Å². The Hall–Kier alpha value is -6.04. The fraction of sp³-hybridized carbons (Fsp3) is 0.286. The number of aldehydes is 1. The zero-order valence-corrected chi connectivity index (χ0v) is 35.0. The minimum absolute atomic E-state index is 0.0532. The number of benzene rings is 4. The summed E-state index contributed by atoms with van der Waals surface area (Å²) in [6, 6.07) is 22.1. The summed E-state index contributed by atoms with van der Waals surface area (Å²) in [5.74, 6) is 7.43. The molecule has 0 saturated carbocycles. The predicted octanol–water partition coefficient (Wildman–Crippen LogP) is 5.02. The summed E-state index contributed by atoms with van der Waals surface area (Å²) >= 11 is 2.87. The van der Waals surface area contributed by atoms with E-state index in [0.29, 0.717) is 58.5 Å². The highest BCUT2D eigenvalue weighted by molar-refractivity contribution is 8.01. The van der Waals surface area contributed by atoms with Gasteiger partial charge in [0.15, 0.2) is 34.6 Å². The van der Waals surface area contributed by atoms with Crippen LogP contribution in [0.5, 0.6) is 34.5 Å². The lowest BCUT2D eigenvalue weighted by Gasteiger charge is -2.22. The van der Waals surface area contributed by atoms with Crippen LogP contribution in [0.3, 0.4) is 0 Å². The molecule has 2 aliphatic heterocycles. The zero-order valence-electron chi connectivity index (χ0n) is 33.4. The van der Waals surface area contributed by atoms with Crippen LogP contribution in [0.2, 0.25) is 0 Å². The van der Waals surface area contributed by atoms with E-state index in [1.807, 2.05) is 48.5 Å². The van der Waals surface area contributed by atoms with Crippen molar-refractivity contribution in [2.24, 2.45) is 10.9 Å². The number of rotatable bonds is 13. The van der Waals surface area contributed by atoms with E-state index in [1.54, 1.807) is 24.3 Å². The number of hydrogen-bond donors (Lipinski definition) is 3. The van der Waals surface area contributed by atoms with E-state index >= 15 is 0 Å². The smallest absolute Gasteiger partial charge is 0.241 e. The summed E-state index contributed by atoms with van der Waals surface area (Å²) < 4.78 is 31.1. The normalized spacial score (nSPS) is 15.1. The number of amides is 2. The van der Waals surface area contributed by atoms with Gasteiger partial charge in [0, 0.05) is 46.6 Å². The van der Waals surface area contributed by atoms with Gasteiger partial charge >= 0.3 is 0 Å². The topological polar surface area (TPSA) is 203 Å². The SMILES string of the molecule is COc1cc(/C=N/NC(=O)CC2Sc3ccccc3CC2=O)cc(OC)c1OC.COc1cc(C=O)cc(OC)c1OC.NNC(=O)CC1Sc2ccccc2CC1=O. The van der Waals surface area contributed by atoms with Crippen molar-refractivity contribution >= 4 is 59.4 Å². The molecule has 59 heavy (non-hydrogen) atoms. The molecular formula is C42H46N4O11S2. The van der Waals surface area contributed by atoms with E-state index < -0.39 is 5.25 Å². The number of hydrazine groups is 1. The Labute approximate surface area is 350 Å². The molecule has 2 atom stereocenters. The first-order valence-electron chi connectivity index (χ1n) is 17.9. The Balaban J connectivity index is 0.000000216. The van der Waals surface area contributed by atoms with Gasteiger partial charge in [0.2, 0.25) is 23.3 Å².